The standard InChI is InChI=1S/C15H18N2O/c1-10-4-5-11(2)15(12(10)3)18-14-7-6-13(8-16)9-17-14/h4-7,9H,8,16H2,1-3H3. The molecule has 0 saturated carbocycles. The first-order chi connectivity index (χ1) is 8.61. The molecule has 0 saturated heterocycles. The molecule has 1 aromatic carbocycles. The van der Waals surface area contributed by atoms with Crippen molar-refractivity contribution in [2.75, 3.05) is 0 Å². The van der Waals surface area contributed by atoms with Crippen molar-refractivity contribution in [1.29, 1.82) is 0 Å². The molecule has 2 rings (SSSR count). The maximum atomic E-state index is 5.87. The van der Waals surface area contributed by atoms with E-state index in [1.54, 1.807) is 6.20 Å². The van der Waals surface area contributed by atoms with Gasteiger partial charge in [-0.15, -0.1) is 0 Å². The largest absolute Gasteiger partial charge is 0.438 e. The Balaban J connectivity index is 2.30. The van der Waals surface area contributed by atoms with E-state index in [1.165, 1.54) is 5.56 Å². The van der Waals surface area contributed by atoms with Crippen LogP contribution in [0.5, 0.6) is 11.6 Å². The zero-order valence-corrected chi connectivity index (χ0v) is 11.0. The lowest BCUT2D eigenvalue weighted by molar-refractivity contribution is 0.455. The van der Waals surface area contributed by atoms with Crippen LogP contribution >= 0.6 is 0 Å². The molecule has 0 unspecified atom stereocenters. The molecule has 0 atom stereocenters. The van der Waals surface area contributed by atoms with Gasteiger partial charge in [0, 0.05) is 18.8 Å². The van der Waals surface area contributed by atoms with E-state index in [0.717, 1.165) is 22.4 Å². The van der Waals surface area contributed by atoms with Gasteiger partial charge in [0.1, 0.15) is 5.75 Å². The Morgan fingerprint density at radius 1 is 1.06 bits per heavy atom. The Kier molecular flexibility index (Phi) is 3.63. The van der Waals surface area contributed by atoms with Crippen LogP contribution in [0.15, 0.2) is 30.5 Å². The number of hydrogen-bond acceptors (Lipinski definition) is 3. The summed E-state index contributed by atoms with van der Waals surface area (Å²) < 4.78 is 5.87. The third-order valence-corrected chi connectivity index (χ3v) is 3.11. The van der Waals surface area contributed by atoms with Crippen molar-refractivity contribution < 1.29 is 4.74 Å². The second kappa shape index (κ2) is 5.19. The van der Waals surface area contributed by atoms with E-state index in [4.69, 9.17) is 10.5 Å². The molecule has 3 nitrogen and oxygen atoms in total. The highest BCUT2D eigenvalue weighted by molar-refractivity contribution is 5.46. The lowest BCUT2D eigenvalue weighted by Crippen LogP contribution is -1.98. The molecule has 0 amide bonds. The minimum absolute atomic E-state index is 0.496. The average Bonchev–Trinajstić information content (AvgIpc) is 2.40. The summed E-state index contributed by atoms with van der Waals surface area (Å²) in [4.78, 5) is 4.25. The van der Waals surface area contributed by atoms with Crippen molar-refractivity contribution in [1.82, 2.24) is 4.98 Å². The summed E-state index contributed by atoms with van der Waals surface area (Å²) in [6.07, 6.45) is 1.75. The fraction of sp³-hybridized carbons (Fsp3) is 0.267. The Morgan fingerprint density at radius 3 is 2.39 bits per heavy atom. The van der Waals surface area contributed by atoms with Crippen LogP contribution in [0.4, 0.5) is 0 Å². The maximum Gasteiger partial charge on any atom is 0.219 e. The Labute approximate surface area is 108 Å². The maximum absolute atomic E-state index is 5.87. The fourth-order valence-corrected chi connectivity index (χ4v) is 1.78. The summed E-state index contributed by atoms with van der Waals surface area (Å²) in [7, 11) is 0. The average molecular weight is 242 g/mol. The number of pyridine rings is 1. The van der Waals surface area contributed by atoms with Crippen LogP contribution in [0.2, 0.25) is 0 Å². The number of nitrogens with zero attached hydrogens (tertiary/aromatic N) is 1. The third-order valence-electron chi connectivity index (χ3n) is 3.11. The highest BCUT2D eigenvalue weighted by Gasteiger charge is 2.08. The van der Waals surface area contributed by atoms with Gasteiger partial charge in [-0.2, -0.15) is 0 Å². The quantitative estimate of drug-likeness (QED) is 0.898. The molecule has 2 aromatic rings. The van der Waals surface area contributed by atoms with Crippen molar-refractivity contribution in [2.24, 2.45) is 5.73 Å². The zero-order chi connectivity index (χ0) is 13.1. The predicted octanol–water partition coefficient (Wildman–Crippen LogP) is 3.26. The summed E-state index contributed by atoms with van der Waals surface area (Å²) in [5, 5.41) is 0. The highest BCUT2D eigenvalue weighted by atomic mass is 16.5. The third kappa shape index (κ3) is 2.51. The van der Waals surface area contributed by atoms with E-state index in [-0.39, 0.29) is 0 Å². The van der Waals surface area contributed by atoms with Crippen molar-refractivity contribution in [3.63, 3.8) is 0 Å². The van der Waals surface area contributed by atoms with Gasteiger partial charge in [0.15, 0.2) is 0 Å². The summed E-state index contributed by atoms with van der Waals surface area (Å²) in [6.45, 7) is 6.67. The molecular weight excluding hydrogens is 224 g/mol. The predicted molar refractivity (Wildman–Crippen MR) is 72.9 cm³/mol. The Hall–Kier alpha value is -1.87. The molecule has 1 aromatic heterocycles. The number of aryl methyl sites for hydroxylation is 2. The molecule has 2 N–H and O–H groups in total. The van der Waals surface area contributed by atoms with Crippen LogP contribution in [0.1, 0.15) is 22.3 Å². The topological polar surface area (TPSA) is 48.1 Å². The van der Waals surface area contributed by atoms with Crippen LogP contribution in [-0.2, 0) is 6.54 Å². The van der Waals surface area contributed by atoms with E-state index in [9.17, 15) is 0 Å². The lowest BCUT2D eigenvalue weighted by Gasteiger charge is -2.13. The van der Waals surface area contributed by atoms with Crippen molar-refractivity contribution in [3.8, 4) is 11.6 Å². The smallest absolute Gasteiger partial charge is 0.219 e. The highest BCUT2D eigenvalue weighted by Crippen LogP contribution is 2.29. The van der Waals surface area contributed by atoms with Crippen LogP contribution in [0, 0.1) is 20.8 Å². The van der Waals surface area contributed by atoms with Gasteiger partial charge >= 0.3 is 0 Å². The molecule has 0 aliphatic heterocycles. The van der Waals surface area contributed by atoms with Crippen LogP contribution in [0.3, 0.4) is 0 Å². The normalized spacial score (nSPS) is 10.4. The van der Waals surface area contributed by atoms with E-state index in [1.807, 2.05) is 19.1 Å². The van der Waals surface area contributed by atoms with Gasteiger partial charge in [0.25, 0.3) is 0 Å². The molecule has 0 spiro atoms. The van der Waals surface area contributed by atoms with Gasteiger partial charge in [0.05, 0.1) is 0 Å². The molecular formula is C15H18N2O. The second-order valence-corrected chi connectivity index (χ2v) is 4.46. The monoisotopic (exact) mass is 242 g/mol. The minimum Gasteiger partial charge on any atom is -0.438 e. The molecule has 1 heterocycles. The molecule has 0 bridgehead atoms. The van der Waals surface area contributed by atoms with Crippen LogP contribution in [-0.4, -0.2) is 4.98 Å². The van der Waals surface area contributed by atoms with E-state index in [0.29, 0.717) is 12.4 Å². The number of rotatable bonds is 3. The van der Waals surface area contributed by atoms with Gasteiger partial charge in [0.2, 0.25) is 5.88 Å². The van der Waals surface area contributed by atoms with Crippen LogP contribution < -0.4 is 10.5 Å². The van der Waals surface area contributed by atoms with Gasteiger partial charge in [-0.05, 0) is 43.0 Å². The fourth-order valence-electron chi connectivity index (χ4n) is 1.78. The van der Waals surface area contributed by atoms with Gasteiger partial charge in [-0.25, -0.2) is 4.98 Å². The number of ether oxygens (including phenoxy) is 1. The molecule has 3 heteroatoms. The SMILES string of the molecule is Cc1ccc(C)c(Oc2ccc(CN)cn2)c1C. The second-order valence-electron chi connectivity index (χ2n) is 4.46. The molecule has 18 heavy (non-hydrogen) atoms. The molecule has 94 valence electrons. The number of benzene rings is 1. The molecule has 0 radical (unpaired) electrons. The van der Waals surface area contributed by atoms with Crippen LogP contribution in [0.25, 0.3) is 0 Å². The van der Waals surface area contributed by atoms with Gasteiger partial charge < -0.3 is 10.5 Å². The van der Waals surface area contributed by atoms with Crippen molar-refractivity contribution in [3.05, 3.63) is 52.7 Å². The Morgan fingerprint density at radius 2 is 1.78 bits per heavy atom. The first-order valence-electron chi connectivity index (χ1n) is 6.01. The summed E-state index contributed by atoms with van der Waals surface area (Å²) in [6, 6.07) is 7.95. The van der Waals surface area contributed by atoms with E-state index in [2.05, 4.69) is 31.0 Å². The van der Waals surface area contributed by atoms with E-state index < -0.39 is 0 Å². The number of aromatic nitrogens is 1. The first-order valence-corrected chi connectivity index (χ1v) is 6.01. The molecule has 0 fully saturated rings. The van der Waals surface area contributed by atoms with E-state index >= 15 is 0 Å². The number of nitrogens with two attached hydrogens (primary N) is 1. The minimum atomic E-state index is 0.496. The van der Waals surface area contributed by atoms with Crippen molar-refractivity contribution >= 4 is 0 Å². The van der Waals surface area contributed by atoms with Gasteiger partial charge in [-0.1, -0.05) is 18.2 Å². The first kappa shape index (κ1) is 12.6. The summed E-state index contributed by atoms with van der Waals surface area (Å²) in [5.41, 5.74) is 10.0. The lowest BCUT2D eigenvalue weighted by atomic mass is 10.1. The summed E-state index contributed by atoms with van der Waals surface area (Å²) >= 11 is 0. The Bertz CT molecular complexity index is 547. The summed E-state index contributed by atoms with van der Waals surface area (Å²) in [5.74, 6) is 1.49. The number of hydrogen-bond donors (Lipinski definition) is 1. The van der Waals surface area contributed by atoms with Crippen molar-refractivity contribution in [2.45, 2.75) is 27.3 Å². The molecule has 0 aliphatic rings. The molecule has 0 aliphatic carbocycles. The zero-order valence-electron chi connectivity index (χ0n) is 11.0. The van der Waals surface area contributed by atoms with Gasteiger partial charge in [-0.3, -0.25) is 0 Å².